The van der Waals surface area contributed by atoms with Crippen molar-refractivity contribution in [2.75, 3.05) is 44.4 Å². The lowest BCUT2D eigenvalue weighted by atomic mass is 10.1. The number of hydrogen-bond acceptors (Lipinski definition) is 6. The van der Waals surface area contributed by atoms with Crippen molar-refractivity contribution in [1.82, 2.24) is 0 Å². The van der Waals surface area contributed by atoms with E-state index in [1.165, 1.54) is 16.5 Å². The Morgan fingerprint density at radius 1 is 1.17 bits per heavy atom. The number of aryl methyl sites for hydroxylation is 1. The first-order valence-electron chi connectivity index (χ1n) is 9.39. The molecule has 3 rings (SSSR count). The monoisotopic (exact) mass is 420 g/mol. The van der Waals surface area contributed by atoms with Gasteiger partial charge in [-0.1, -0.05) is 11.6 Å². The van der Waals surface area contributed by atoms with Gasteiger partial charge in [-0.2, -0.15) is 0 Å². The first kappa shape index (κ1) is 21.1. The van der Waals surface area contributed by atoms with Crippen molar-refractivity contribution in [3.63, 3.8) is 0 Å². The van der Waals surface area contributed by atoms with Crippen LogP contribution >= 0.6 is 0 Å². The van der Waals surface area contributed by atoms with E-state index in [1.54, 1.807) is 13.2 Å². The molecule has 0 aliphatic carbocycles. The van der Waals surface area contributed by atoms with Crippen LogP contribution in [0, 0.1) is 17.0 Å². The summed E-state index contributed by atoms with van der Waals surface area (Å²) in [6.07, 6.45) is 1.05. The first-order valence-corrected chi connectivity index (χ1v) is 11.3. The lowest BCUT2D eigenvalue weighted by Gasteiger charge is -2.33. The zero-order valence-electron chi connectivity index (χ0n) is 16.8. The van der Waals surface area contributed by atoms with Gasteiger partial charge in [0.15, 0.2) is 9.84 Å². The molecule has 0 bridgehead atoms. The minimum atomic E-state index is -3.50. The van der Waals surface area contributed by atoms with Crippen molar-refractivity contribution in [1.29, 1.82) is 0 Å². The number of quaternary nitrogens is 1. The summed E-state index contributed by atoms with van der Waals surface area (Å²) in [4.78, 5) is 14.3. The van der Waals surface area contributed by atoms with Gasteiger partial charge in [0.25, 0.3) is 5.69 Å². The van der Waals surface area contributed by atoms with E-state index >= 15 is 0 Å². The van der Waals surface area contributed by atoms with Crippen LogP contribution in [0.3, 0.4) is 0 Å². The third kappa shape index (κ3) is 4.86. The molecule has 1 N–H and O–H groups in total. The Kier molecular flexibility index (Phi) is 6.09. The molecule has 1 aliphatic rings. The van der Waals surface area contributed by atoms with E-state index in [1.807, 2.05) is 17.0 Å². The SMILES string of the molecule is COc1ccc(C)cc1C[NH+]1CCN(c2ccc(S(C)(=O)=O)cc2[N+](=O)[O-])CC1. The van der Waals surface area contributed by atoms with E-state index in [0.29, 0.717) is 18.8 Å². The van der Waals surface area contributed by atoms with Crippen LogP contribution in [0.15, 0.2) is 41.3 Å². The van der Waals surface area contributed by atoms with E-state index in [2.05, 4.69) is 13.0 Å². The van der Waals surface area contributed by atoms with Gasteiger partial charge in [0.05, 0.1) is 43.1 Å². The first-order chi connectivity index (χ1) is 13.7. The summed E-state index contributed by atoms with van der Waals surface area (Å²) in [7, 11) is -1.83. The zero-order valence-corrected chi connectivity index (χ0v) is 17.7. The number of hydrogen-bond donors (Lipinski definition) is 1. The summed E-state index contributed by atoms with van der Waals surface area (Å²) in [6.45, 7) is 5.83. The summed E-state index contributed by atoms with van der Waals surface area (Å²) in [5.74, 6) is 0.873. The summed E-state index contributed by atoms with van der Waals surface area (Å²) in [5.41, 5.74) is 2.63. The van der Waals surface area contributed by atoms with Gasteiger partial charge in [0.2, 0.25) is 0 Å². The number of ether oxygens (including phenoxy) is 1. The van der Waals surface area contributed by atoms with E-state index in [0.717, 1.165) is 43.3 Å². The number of nitrogens with zero attached hydrogens (tertiary/aromatic N) is 2. The molecule has 29 heavy (non-hydrogen) atoms. The Bertz CT molecular complexity index is 1010. The highest BCUT2D eigenvalue weighted by Gasteiger charge is 2.27. The molecule has 1 aliphatic heterocycles. The van der Waals surface area contributed by atoms with E-state index in [9.17, 15) is 18.5 Å². The molecule has 8 nitrogen and oxygen atoms in total. The highest BCUT2D eigenvalue weighted by molar-refractivity contribution is 7.90. The number of anilines is 1. The van der Waals surface area contributed by atoms with Crippen molar-refractivity contribution >= 4 is 21.2 Å². The molecule has 2 aromatic carbocycles. The molecule has 0 aromatic heterocycles. The zero-order chi connectivity index (χ0) is 21.2. The Hall–Kier alpha value is -2.65. The fourth-order valence-corrected chi connectivity index (χ4v) is 4.34. The van der Waals surface area contributed by atoms with Gasteiger partial charge >= 0.3 is 0 Å². The van der Waals surface area contributed by atoms with Crippen molar-refractivity contribution in [2.45, 2.75) is 18.4 Å². The van der Waals surface area contributed by atoms with Gasteiger partial charge < -0.3 is 14.5 Å². The van der Waals surface area contributed by atoms with Crippen LogP contribution in [0.2, 0.25) is 0 Å². The van der Waals surface area contributed by atoms with Gasteiger partial charge in [0.1, 0.15) is 18.0 Å². The molecule has 9 heteroatoms. The maximum atomic E-state index is 11.7. The Morgan fingerprint density at radius 3 is 2.45 bits per heavy atom. The van der Waals surface area contributed by atoms with Crippen LogP contribution in [-0.4, -0.2) is 52.9 Å². The number of sulfone groups is 1. The Balaban J connectivity index is 1.74. The molecule has 156 valence electrons. The van der Waals surface area contributed by atoms with Crippen molar-refractivity contribution in [3.8, 4) is 5.75 Å². The topological polar surface area (TPSA) is 94.2 Å². The second-order valence-corrected chi connectivity index (χ2v) is 9.42. The summed E-state index contributed by atoms with van der Waals surface area (Å²) < 4.78 is 28.9. The number of nitro benzene ring substituents is 1. The Labute approximate surface area is 170 Å². The van der Waals surface area contributed by atoms with E-state index < -0.39 is 14.8 Å². The molecule has 0 saturated carbocycles. The molecule has 1 heterocycles. The molecule has 0 amide bonds. The second-order valence-electron chi connectivity index (χ2n) is 7.41. The lowest BCUT2D eigenvalue weighted by molar-refractivity contribution is -0.914. The van der Waals surface area contributed by atoms with E-state index in [-0.39, 0.29) is 10.6 Å². The Morgan fingerprint density at radius 2 is 1.86 bits per heavy atom. The van der Waals surface area contributed by atoms with Crippen LogP contribution in [0.5, 0.6) is 5.75 Å². The molecule has 0 radical (unpaired) electrons. The fraction of sp³-hybridized carbons (Fsp3) is 0.400. The third-order valence-electron chi connectivity index (χ3n) is 5.26. The second kappa shape index (κ2) is 8.38. The predicted octanol–water partition coefficient (Wildman–Crippen LogP) is 1.22. The van der Waals surface area contributed by atoms with Crippen LogP contribution in [-0.2, 0) is 16.4 Å². The normalized spacial score (nSPS) is 15.3. The van der Waals surface area contributed by atoms with Gasteiger partial charge in [-0.3, -0.25) is 10.1 Å². The van der Waals surface area contributed by atoms with Crippen molar-refractivity contribution in [3.05, 3.63) is 57.6 Å². The van der Waals surface area contributed by atoms with E-state index in [4.69, 9.17) is 4.74 Å². The number of benzene rings is 2. The van der Waals surface area contributed by atoms with Crippen molar-refractivity contribution < 1.29 is 23.0 Å². The van der Waals surface area contributed by atoms with Gasteiger partial charge in [0, 0.05) is 17.9 Å². The number of rotatable bonds is 6. The molecule has 1 saturated heterocycles. The highest BCUT2D eigenvalue weighted by Crippen LogP contribution is 2.31. The molecule has 1 fully saturated rings. The molecular weight excluding hydrogens is 394 g/mol. The molecular formula is C20H26N3O5S+. The molecule has 0 spiro atoms. The quantitative estimate of drug-likeness (QED) is 0.558. The summed E-state index contributed by atoms with van der Waals surface area (Å²) >= 11 is 0. The largest absolute Gasteiger partial charge is 0.496 e. The van der Waals surface area contributed by atoms with Crippen LogP contribution in [0.25, 0.3) is 0 Å². The number of piperazine rings is 1. The third-order valence-corrected chi connectivity index (χ3v) is 6.37. The average molecular weight is 421 g/mol. The summed E-state index contributed by atoms with van der Waals surface area (Å²) in [6, 6.07) is 10.3. The standard InChI is InChI=1S/C20H25N3O5S/c1-15-4-7-20(28-2)16(12-15)14-21-8-10-22(11-9-21)18-6-5-17(29(3,26)27)13-19(18)23(24)25/h4-7,12-13H,8-11,14H2,1-3H3/p+1. The highest BCUT2D eigenvalue weighted by atomic mass is 32.2. The number of nitro groups is 1. The fourth-order valence-electron chi connectivity index (χ4n) is 3.70. The van der Waals surface area contributed by atoms with Crippen molar-refractivity contribution in [2.24, 2.45) is 0 Å². The number of methoxy groups -OCH3 is 1. The smallest absolute Gasteiger partial charge is 0.293 e. The lowest BCUT2D eigenvalue weighted by Crippen LogP contribution is -3.13. The molecule has 0 unspecified atom stereocenters. The maximum absolute atomic E-state index is 11.7. The minimum absolute atomic E-state index is 0.0382. The van der Waals surface area contributed by atoms with Gasteiger partial charge in [-0.25, -0.2) is 8.42 Å². The molecule has 0 atom stereocenters. The van der Waals surface area contributed by atoms with Crippen LogP contribution in [0.1, 0.15) is 11.1 Å². The minimum Gasteiger partial charge on any atom is -0.496 e. The van der Waals surface area contributed by atoms with Gasteiger partial charge in [-0.15, -0.1) is 0 Å². The number of nitrogens with one attached hydrogen (secondary N) is 1. The summed E-state index contributed by atoms with van der Waals surface area (Å²) in [5, 5.41) is 11.5. The maximum Gasteiger partial charge on any atom is 0.293 e. The predicted molar refractivity (Wildman–Crippen MR) is 111 cm³/mol. The average Bonchev–Trinajstić information content (AvgIpc) is 2.67. The van der Waals surface area contributed by atoms with Crippen LogP contribution < -0.4 is 14.5 Å². The van der Waals surface area contributed by atoms with Gasteiger partial charge in [-0.05, 0) is 31.2 Å². The molecule has 2 aromatic rings. The van der Waals surface area contributed by atoms with Crippen LogP contribution in [0.4, 0.5) is 11.4 Å².